The van der Waals surface area contributed by atoms with Gasteiger partial charge in [-0.25, -0.2) is 0 Å². The van der Waals surface area contributed by atoms with E-state index in [1.807, 2.05) is 42.6 Å². The molecule has 7 rings (SSSR count). The topological polar surface area (TPSA) is 284 Å². The number of nitrogens with zero attached hydrogens (tertiary/aromatic N) is 6. The second kappa shape index (κ2) is 51.3. The van der Waals surface area contributed by atoms with Gasteiger partial charge in [0, 0.05) is 133 Å². The van der Waals surface area contributed by atoms with Crippen LogP contribution in [0.25, 0.3) is 0 Å². The van der Waals surface area contributed by atoms with Gasteiger partial charge in [0.25, 0.3) is 43.4 Å². The predicted octanol–water partition coefficient (Wildman–Crippen LogP) is 13.4. The molecule has 3 aliphatic rings. The Morgan fingerprint density at radius 3 is 1.07 bits per heavy atom. The molecule has 25 heteroatoms. The lowest BCUT2D eigenvalue weighted by molar-refractivity contribution is -0.124. The number of aliphatic hydroxyl groups is 1. The van der Waals surface area contributed by atoms with Crippen molar-refractivity contribution in [3.8, 4) is 0 Å². The fourth-order valence-corrected chi connectivity index (χ4v) is 12.9. The largest absolute Gasteiger partial charge is 0.396 e. The van der Waals surface area contributed by atoms with Crippen molar-refractivity contribution in [3.63, 3.8) is 0 Å². The molecule has 0 aromatic heterocycles. The van der Waals surface area contributed by atoms with Crippen molar-refractivity contribution in [3.05, 3.63) is 81.8 Å². The highest BCUT2D eigenvalue weighted by molar-refractivity contribution is 7.80. The molecule has 1 atom stereocenters. The van der Waals surface area contributed by atoms with Gasteiger partial charge in [-0.2, -0.15) is 0 Å². The van der Waals surface area contributed by atoms with Crippen LogP contribution in [-0.4, -0.2) is 185 Å². The first kappa shape index (κ1) is 107. The lowest BCUT2D eigenvalue weighted by Crippen LogP contribution is -2.50. The lowest BCUT2D eigenvalue weighted by atomic mass is 9.80. The Morgan fingerprint density at radius 1 is 0.452 bits per heavy atom. The quantitative estimate of drug-likeness (QED) is 0.0136. The maximum absolute atomic E-state index is 11.8. The Bertz CT molecular complexity index is 3610. The van der Waals surface area contributed by atoms with Gasteiger partial charge >= 0.3 is 0 Å². The van der Waals surface area contributed by atoms with Gasteiger partial charge in [-0.3, -0.25) is 43.2 Å². The minimum absolute atomic E-state index is 0.0311. The first-order valence-corrected chi connectivity index (χ1v) is 43.4. The SMILES string of the molecule is CC(C)(C)CCCNc1c(N2CCCCC2)c(=O)c1=O.CC(C)(C)CCCNc1c(N2CCOCC2)c(=O)c1=O.CC(CCO)C(C)(C)C.CCN(CC)c1c(NCCCC(C)(C)C)c(=O)c1=O.CN(C)C(=S)NCCCC(C)(C)C.CN1CCN(c2c(NCCCC(C)(C)C)c(=O)c2=O)CC1.COCC(=O)NCCCC(C)(C)C. The van der Waals surface area contributed by atoms with Crippen LogP contribution in [0.3, 0.4) is 0 Å². The van der Waals surface area contributed by atoms with E-state index in [1.165, 1.54) is 26.4 Å². The number of likely N-dealkylation sites (N-methyl/N-ethyl adjacent to an activating group) is 1. The van der Waals surface area contributed by atoms with Crippen LogP contribution < -0.4 is 94.9 Å². The number of rotatable bonds is 32. The number of carbonyl (C=O) groups excluding carboxylic acids is 1. The molecule has 3 saturated heterocycles. The first-order chi connectivity index (χ1) is 53.2. The van der Waals surface area contributed by atoms with Crippen LogP contribution in [-0.2, 0) is 14.3 Å². The molecule has 3 fully saturated rings. The fourth-order valence-electron chi connectivity index (χ4n) is 12.8. The predicted molar refractivity (Wildman–Crippen MR) is 493 cm³/mol. The molecular formula is C90H164N12O12S. The van der Waals surface area contributed by atoms with Gasteiger partial charge in [0.15, 0.2) is 5.11 Å². The van der Waals surface area contributed by atoms with Gasteiger partial charge in [-0.15, -0.1) is 0 Å². The van der Waals surface area contributed by atoms with Crippen LogP contribution in [0.1, 0.15) is 269 Å². The van der Waals surface area contributed by atoms with E-state index >= 15 is 0 Å². The van der Waals surface area contributed by atoms with Gasteiger partial charge in [-0.05, 0) is 180 Å². The van der Waals surface area contributed by atoms with Gasteiger partial charge in [0.2, 0.25) is 5.91 Å². The standard InChI is InChI=1S/C16H27N3O2.C16H26N2O2.C15H24N2O3.C15H26N2O2.C10H22N2S.C10H21NO2.C8H18O/c1-16(2,3)6-5-7-17-12-13(15(21)14(12)20)19-10-8-18(4)9-11-19;1-16(2,3)8-7-9-17-12-13(15(20)14(12)19)18-10-5-4-6-11-18;1-15(2,3)5-4-6-16-11-12(14(19)13(11)18)17-7-9-20-10-8-17;1-6-17(7-2)12-11(13(18)14(12)19)16-10-8-9-15(3,4)5;1-10(2,3)7-6-8-11-9(13)12(4)5;1-10(2,3)6-5-7-11-9(12)8-13-4;1-7(5-6-9)8(2,3)4/h17H,5-11H2,1-4H3;17H,4-11H2,1-3H3;16H,4-10H2,1-3H3;16H,6-10H2,1-5H3;6-8H2,1-5H3,(H,11,13);5-8H2,1-4H3,(H,11,12);7,9H,5-6H2,1-4H3. The number of thiocarbonyl (C=S) groups is 1. The van der Waals surface area contributed by atoms with Crippen molar-refractivity contribution in [1.82, 2.24) is 20.4 Å². The molecule has 3 heterocycles. The van der Waals surface area contributed by atoms with Gasteiger partial charge in [0.1, 0.15) is 52.1 Å². The lowest BCUT2D eigenvalue weighted by Gasteiger charge is -2.35. The monoisotopic (exact) mass is 1640 g/mol. The zero-order chi connectivity index (χ0) is 88.0. The summed E-state index contributed by atoms with van der Waals surface area (Å²) >= 11 is 5.10. The molecular weight excluding hydrogens is 1470 g/mol. The number of hydrogen-bond donors (Lipinski definition) is 7. The Balaban J connectivity index is 0.000000681. The van der Waals surface area contributed by atoms with Crippen LogP contribution in [0.4, 0.5) is 45.5 Å². The van der Waals surface area contributed by atoms with Crippen LogP contribution in [0, 0.1) is 43.8 Å². The number of anilines is 8. The molecule has 0 saturated carbocycles. The van der Waals surface area contributed by atoms with Gasteiger partial charge in [-0.1, -0.05) is 152 Å². The molecule has 3 aliphatic heterocycles. The Hall–Kier alpha value is -6.28. The smallest absolute Gasteiger partial charge is 0.253 e. The second-order valence-corrected chi connectivity index (χ2v) is 40.4. The number of aliphatic hydroxyl groups excluding tert-OH is 1. The highest BCUT2D eigenvalue weighted by Gasteiger charge is 2.31. The molecule has 662 valence electrons. The van der Waals surface area contributed by atoms with Crippen molar-refractivity contribution in [2.45, 2.75) is 269 Å². The fraction of sp³-hybridized carbons (Fsp3) is 0.800. The van der Waals surface area contributed by atoms with E-state index in [2.05, 4.69) is 211 Å². The van der Waals surface area contributed by atoms with E-state index in [1.54, 1.807) is 0 Å². The van der Waals surface area contributed by atoms with E-state index in [0.717, 1.165) is 180 Å². The average Bonchev–Trinajstić information content (AvgIpc) is 0.785. The third-order valence-corrected chi connectivity index (χ3v) is 21.1. The van der Waals surface area contributed by atoms with E-state index in [-0.39, 0.29) is 55.9 Å². The van der Waals surface area contributed by atoms with Crippen LogP contribution in [0.5, 0.6) is 0 Å². The summed E-state index contributed by atoms with van der Waals surface area (Å²) in [5.74, 6) is 0.582. The van der Waals surface area contributed by atoms with E-state index < -0.39 is 0 Å². The Labute approximate surface area is 699 Å². The maximum Gasteiger partial charge on any atom is 0.253 e. The molecule has 4 aromatic carbocycles. The molecule has 0 radical (unpaired) electrons. The summed E-state index contributed by atoms with van der Waals surface area (Å²) in [7, 11) is 7.51. The van der Waals surface area contributed by atoms with E-state index in [4.69, 9.17) is 22.1 Å². The summed E-state index contributed by atoms with van der Waals surface area (Å²) in [5.41, 5.74) is 4.12. The number of carbonyl (C=O) groups is 1. The molecule has 4 aromatic rings. The summed E-state index contributed by atoms with van der Waals surface area (Å²) < 4.78 is 9.96. The number of piperidine rings is 1. The van der Waals surface area contributed by atoms with Crippen molar-refractivity contribution >= 4 is 68.7 Å². The zero-order valence-corrected chi connectivity index (χ0v) is 78.4. The summed E-state index contributed by atoms with van der Waals surface area (Å²) in [6.07, 6.45) is 17.3. The van der Waals surface area contributed by atoms with Gasteiger partial charge < -0.3 is 75.9 Å². The van der Waals surface area contributed by atoms with E-state index in [9.17, 15) is 43.2 Å². The highest BCUT2D eigenvalue weighted by Crippen LogP contribution is 2.31. The number of piperazine rings is 1. The molecule has 24 nitrogen and oxygen atoms in total. The third kappa shape index (κ3) is 42.8. The summed E-state index contributed by atoms with van der Waals surface area (Å²) in [6.45, 7) is 67.2. The van der Waals surface area contributed by atoms with Crippen LogP contribution in [0.2, 0.25) is 0 Å². The minimum Gasteiger partial charge on any atom is -0.396 e. The number of ether oxygens (including phenoxy) is 2. The van der Waals surface area contributed by atoms with Crippen molar-refractivity contribution in [1.29, 1.82) is 0 Å². The number of amides is 1. The molecule has 115 heavy (non-hydrogen) atoms. The number of morpholine rings is 1. The normalized spacial score (nSPS) is 14.7. The van der Waals surface area contributed by atoms with Crippen molar-refractivity contribution in [2.24, 2.45) is 43.8 Å². The Kier molecular flexibility index (Phi) is 47.6. The second-order valence-electron chi connectivity index (χ2n) is 40.0. The number of hydrogen-bond acceptors (Lipinski definition) is 22. The van der Waals surface area contributed by atoms with Gasteiger partial charge in [0.05, 0.1) is 13.2 Å². The molecule has 7 N–H and O–H groups in total. The molecule has 0 bridgehead atoms. The summed E-state index contributed by atoms with van der Waals surface area (Å²) in [5, 5.41) is 28.1. The van der Waals surface area contributed by atoms with Crippen molar-refractivity contribution in [2.75, 3.05) is 200 Å². The molecule has 1 amide bonds. The van der Waals surface area contributed by atoms with Crippen LogP contribution >= 0.6 is 12.2 Å². The number of nitrogens with one attached hydrogen (secondary N) is 6. The third-order valence-electron chi connectivity index (χ3n) is 20.6. The molecule has 1 unspecified atom stereocenters. The average molecular weight is 1640 g/mol. The van der Waals surface area contributed by atoms with E-state index in [0.29, 0.717) is 122 Å². The van der Waals surface area contributed by atoms with Crippen LogP contribution in [0.15, 0.2) is 38.4 Å². The number of methoxy groups -OCH3 is 1. The maximum atomic E-state index is 11.8. The Morgan fingerprint density at radius 2 is 0.765 bits per heavy atom. The molecule has 0 spiro atoms. The first-order valence-electron chi connectivity index (χ1n) is 43.0. The highest BCUT2D eigenvalue weighted by atomic mass is 32.1. The summed E-state index contributed by atoms with van der Waals surface area (Å²) in [6, 6.07) is 0. The molecule has 0 aliphatic carbocycles. The summed E-state index contributed by atoms with van der Waals surface area (Å²) in [4.78, 5) is 117. The zero-order valence-electron chi connectivity index (χ0n) is 77.6. The minimum atomic E-state index is -0.373. The van der Waals surface area contributed by atoms with Crippen molar-refractivity contribution < 1.29 is 19.4 Å².